The lowest BCUT2D eigenvalue weighted by molar-refractivity contribution is -0.0764. The third-order valence-electron chi connectivity index (χ3n) is 3.34. The highest BCUT2D eigenvalue weighted by atomic mass is 35.5. The molecule has 5 nitrogen and oxygen atoms in total. The van der Waals surface area contributed by atoms with Gasteiger partial charge in [-0.25, -0.2) is 4.98 Å². The monoisotopic (exact) mass is 311 g/mol. The van der Waals surface area contributed by atoms with Crippen LogP contribution in [0.15, 0.2) is 12.3 Å². The van der Waals surface area contributed by atoms with Crippen molar-refractivity contribution in [3.05, 3.63) is 22.8 Å². The molecule has 1 amide bonds. The number of rotatable bonds is 4. The molecule has 1 aromatic heterocycles. The summed E-state index contributed by atoms with van der Waals surface area (Å²) in [5.41, 5.74) is 0.202. The summed E-state index contributed by atoms with van der Waals surface area (Å²) in [6.07, 6.45) is 2.57. The summed E-state index contributed by atoms with van der Waals surface area (Å²) in [6, 6.07) is 1.68. The van der Waals surface area contributed by atoms with Crippen LogP contribution in [0.25, 0.3) is 0 Å². The average Bonchev–Trinajstić information content (AvgIpc) is 2.44. The lowest BCUT2D eigenvalue weighted by Crippen LogP contribution is -2.50. The Kier molecular flexibility index (Phi) is 5.06. The lowest BCUT2D eigenvalue weighted by atomic mass is 10.1. The predicted molar refractivity (Wildman–Crippen MR) is 84.0 cm³/mol. The molecule has 1 N–H and O–H groups in total. The van der Waals surface area contributed by atoms with E-state index in [0.717, 1.165) is 13.0 Å². The van der Waals surface area contributed by atoms with E-state index < -0.39 is 0 Å². The zero-order valence-corrected chi connectivity index (χ0v) is 13.5. The highest BCUT2D eigenvalue weighted by Crippen LogP contribution is 2.23. The van der Waals surface area contributed by atoms with Gasteiger partial charge in [0.1, 0.15) is 5.82 Å². The van der Waals surface area contributed by atoms with E-state index in [4.69, 9.17) is 16.3 Å². The Hall–Kier alpha value is -1.33. The zero-order chi connectivity index (χ0) is 15.5. The third-order valence-corrected chi connectivity index (χ3v) is 3.63. The van der Waals surface area contributed by atoms with Gasteiger partial charge in [-0.2, -0.15) is 0 Å². The van der Waals surface area contributed by atoms with Crippen molar-refractivity contribution >= 4 is 23.3 Å². The number of morpholine rings is 1. The van der Waals surface area contributed by atoms with Crippen LogP contribution in [-0.4, -0.2) is 47.6 Å². The number of hydrogen-bond acceptors (Lipinski definition) is 4. The molecule has 0 unspecified atom stereocenters. The first-order chi connectivity index (χ1) is 9.93. The number of carbonyl (C=O) groups is 1. The van der Waals surface area contributed by atoms with E-state index in [0.29, 0.717) is 36.1 Å². The largest absolute Gasteiger partial charge is 0.372 e. The van der Waals surface area contributed by atoms with E-state index in [-0.39, 0.29) is 11.5 Å². The number of anilines is 1. The predicted octanol–water partition coefficient (Wildman–Crippen LogP) is 2.81. The van der Waals surface area contributed by atoms with Gasteiger partial charge >= 0.3 is 0 Å². The smallest absolute Gasteiger partial charge is 0.255 e. The molecule has 6 heteroatoms. The minimum absolute atomic E-state index is 0.0529. The summed E-state index contributed by atoms with van der Waals surface area (Å²) in [6.45, 7) is 8.55. The summed E-state index contributed by atoms with van der Waals surface area (Å²) >= 11 is 6.18. The van der Waals surface area contributed by atoms with E-state index in [1.54, 1.807) is 17.2 Å². The second kappa shape index (κ2) is 6.62. The van der Waals surface area contributed by atoms with Crippen LogP contribution < -0.4 is 5.32 Å². The maximum atomic E-state index is 12.5. The molecular formula is C15H22ClN3O2. The van der Waals surface area contributed by atoms with E-state index in [1.165, 1.54) is 0 Å². The Morgan fingerprint density at radius 3 is 2.95 bits per heavy atom. The number of nitrogens with one attached hydrogen (secondary N) is 1. The fourth-order valence-electron chi connectivity index (χ4n) is 2.30. The summed E-state index contributed by atoms with van der Waals surface area (Å²) in [5.74, 6) is 0.570. The number of carbonyl (C=O) groups excluding carboxylic acids is 1. The van der Waals surface area contributed by atoms with Gasteiger partial charge in [-0.1, -0.05) is 18.5 Å². The molecule has 116 valence electrons. The van der Waals surface area contributed by atoms with Crippen molar-refractivity contribution < 1.29 is 9.53 Å². The van der Waals surface area contributed by atoms with Crippen LogP contribution >= 0.6 is 11.6 Å². The van der Waals surface area contributed by atoms with Gasteiger partial charge in [-0.05, 0) is 26.3 Å². The van der Waals surface area contributed by atoms with Crippen LogP contribution in [0.2, 0.25) is 5.02 Å². The molecule has 1 aromatic rings. The molecule has 1 saturated heterocycles. The Morgan fingerprint density at radius 1 is 1.57 bits per heavy atom. The first-order valence-electron chi connectivity index (χ1n) is 7.25. The highest BCUT2D eigenvalue weighted by Gasteiger charge is 2.30. The first-order valence-corrected chi connectivity index (χ1v) is 7.63. The number of ether oxygens (including phenoxy) is 1. The summed E-state index contributed by atoms with van der Waals surface area (Å²) < 4.78 is 5.62. The van der Waals surface area contributed by atoms with Crippen LogP contribution in [-0.2, 0) is 4.74 Å². The maximum absolute atomic E-state index is 12.5. The van der Waals surface area contributed by atoms with E-state index in [1.807, 2.05) is 13.8 Å². The maximum Gasteiger partial charge on any atom is 0.255 e. The standard InChI is InChI=1S/C15H22ClN3O2/c1-4-5-17-13-12(16)8-11(9-18-13)14(20)19-6-7-21-15(2,3)10-19/h8-9H,4-7,10H2,1-3H3,(H,17,18). The Labute approximate surface area is 130 Å². The normalized spacial score (nSPS) is 17.6. The van der Waals surface area contributed by atoms with E-state index in [9.17, 15) is 4.79 Å². The molecule has 0 atom stereocenters. The van der Waals surface area contributed by atoms with Crippen molar-refractivity contribution in [1.82, 2.24) is 9.88 Å². The summed E-state index contributed by atoms with van der Waals surface area (Å²) in [5, 5.41) is 3.61. The molecule has 0 spiro atoms. The van der Waals surface area contributed by atoms with Crippen molar-refractivity contribution in [1.29, 1.82) is 0 Å². The van der Waals surface area contributed by atoms with Crippen LogP contribution in [0.5, 0.6) is 0 Å². The SMILES string of the molecule is CCCNc1ncc(C(=O)N2CCOC(C)(C)C2)cc1Cl. The zero-order valence-electron chi connectivity index (χ0n) is 12.8. The first kappa shape index (κ1) is 16.0. The molecule has 1 fully saturated rings. The van der Waals surface area contributed by atoms with Gasteiger partial charge in [-0.3, -0.25) is 4.79 Å². The Balaban J connectivity index is 2.10. The van der Waals surface area contributed by atoms with Crippen molar-refractivity contribution in [3.8, 4) is 0 Å². The van der Waals surface area contributed by atoms with Crippen LogP contribution in [0, 0.1) is 0 Å². The van der Waals surface area contributed by atoms with Crippen LogP contribution in [0.1, 0.15) is 37.6 Å². The van der Waals surface area contributed by atoms with Gasteiger partial charge in [0.2, 0.25) is 0 Å². The average molecular weight is 312 g/mol. The minimum atomic E-state index is -0.312. The number of pyridine rings is 1. The molecular weight excluding hydrogens is 290 g/mol. The molecule has 21 heavy (non-hydrogen) atoms. The van der Waals surface area contributed by atoms with Gasteiger partial charge in [0.05, 0.1) is 22.8 Å². The van der Waals surface area contributed by atoms with Gasteiger partial charge < -0.3 is 15.0 Å². The van der Waals surface area contributed by atoms with E-state index in [2.05, 4.69) is 17.2 Å². The molecule has 0 saturated carbocycles. The molecule has 0 bridgehead atoms. The molecule has 0 aromatic carbocycles. The van der Waals surface area contributed by atoms with Gasteiger partial charge in [0.25, 0.3) is 5.91 Å². The highest BCUT2D eigenvalue weighted by molar-refractivity contribution is 6.33. The van der Waals surface area contributed by atoms with Crippen molar-refractivity contribution in [3.63, 3.8) is 0 Å². The fraction of sp³-hybridized carbons (Fsp3) is 0.600. The summed E-state index contributed by atoms with van der Waals surface area (Å²) in [7, 11) is 0. The van der Waals surface area contributed by atoms with Crippen molar-refractivity contribution in [2.75, 3.05) is 31.6 Å². The number of hydrogen-bond donors (Lipinski definition) is 1. The van der Waals surface area contributed by atoms with Gasteiger partial charge in [0.15, 0.2) is 0 Å². The second-order valence-electron chi connectivity index (χ2n) is 5.82. The topological polar surface area (TPSA) is 54.5 Å². The molecule has 1 aliphatic heterocycles. The summed E-state index contributed by atoms with van der Waals surface area (Å²) in [4.78, 5) is 18.6. The van der Waals surface area contributed by atoms with Gasteiger partial charge in [0, 0.05) is 25.8 Å². The Bertz CT molecular complexity index is 520. The van der Waals surface area contributed by atoms with Crippen molar-refractivity contribution in [2.24, 2.45) is 0 Å². The van der Waals surface area contributed by atoms with Crippen LogP contribution in [0.4, 0.5) is 5.82 Å². The third kappa shape index (κ3) is 4.08. The number of amides is 1. The molecule has 0 aliphatic carbocycles. The molecule has 1 aliphatic rings. The fourth-order valence-corrected chi connectivity index (χ4v) is 2.53. The minimum Gasteiger partial charge on any atom is -0.372 e. The van der Waals surface area contributed by atoms with Crippen molar-refractivity contribution in [2.45, 2.75) is 32.8 Å². The number of nitrogens with zero attached hydrogens (tertiary/aromatic N) is 2. The van der Waals surface area contributed by atoms with E-state index >= 15 is 0 Å². The molecule has 2 rings (SSSR count). The Morgan fingerprint density at radius 2 is 2.33 bits per heavy atom. The molecule has 2 heterocycles. The van der Waals surface area contributed by atoms with Gasteiger partial charge in [-0.15, -0.1) is 0 Å². The second-order valence-corrected chi connectivity index (χ2v) is 6.22. The lowest BCUT2D eigenvalue weighted by Gasteiger charge is -2.38. The quantitative estimate of drug-likeness (QED) is 0.929. The van der Waals surface area contributed by atoms with Crippen LogP contribution in [0.3, 0.4) is 0 Å². The molecule has 0 radical (unpaired) electrons. The number of halogens is 1. The number of aromatic nitrogens is 1.